The van der Waals surface area contributed by atoms with Gasteiger partial charge in [0.1, 0.15) is 0 Å². The van der Waals surface area contributed by atoms with Crippen molar-refractivity contribution in [2.45, 2.75) is 0 Å². The van der Waals surface area contributed by atoms with Gasteiger partial charge in [0.25, 0.3) is 0 Å². The van der Waals surface area contributed by atoms with Gasteiger partial charge in [-0.25, -0.2) is 0 Å². The van der Waals surface area contributed by atoms with Crippen LogP contribution >= 0.6 is 11.3 Å². The first-order chi connectivity index (χ1) is 8.95. The average molecular weight is 247 g/mol. The molecule has 0 radical (unpaired) electrons. The molecular weight excluding hydrogens is 238 g/mol. The monoisotopic (exact) mass is 247 g/mol. The second kappa shape index (κ2) is 2.85. The molecule has 0 saturated carbocycles. The van der Waals surface area contributed by atoms with Crippen LogP contribution in [0.25, 0.3) is 37.4 Å². The van der Waals surface area contributed by atoms with Gasteiger partial charge in [-0.3, -0.25) is 0 Å². The Labute approximate surface area is 107 Å². The zero-order valence-corrected chi connectivity index (χ0v) is 10.4. The van der Waals surface area contributed by atoms with Crippen molar-refractivity contribution in [1.82, 2.24) is 4.40 Å². The highest BCUT2D eigenvalue weighted by Crippen LogP contribution is 2.42. The van der Waals surface area contributed by atoms with E-state index in [9.17, 15) is 0 Å². The fourth-order valence-corrected chi connectivity index (χ4v) is 4.17. The van der Waals surface area contributed by atoms with Gasteiger partial charge in [0, 0.05) is 21.5 Å². The van der Waals surface area contributed by atoms with E-state index in [0.717, 1.165) is 0 Å². The predicted molar refractivity (Wildman–Crippen MR) is 79.0 cm³/mol. The minimum Gasteiger partial charge on any atom is -0.307 e. The summed E-state index contributed by atoms with van der Waals surface area (Å²) in [6.45, 7) is 0. The third-order valence-electron chi connectivity index (χ3n) is 3.81. The Hall–Kier alpha value is -2.06. The molecular formula is C16H9NS. The van der Waals surface area contributed by atoms with Crippen LogP contribution in [0.15, 0.2) is 53.9 Å². The molecule has 0 aliphatic heterocycles. The maximum absolute atomic E-state index is 2.41. The van der Waals surface area contributed by atoms with Crippen LogP contribution in [0.3, 0.4) is 0 Å². The van der Waals surface area contributed by atoms with Gasteiger partial charge in [-0.2, -0.15) is 0 Å². The van der Waals surface area contributed by atoms with E-state index in [1.807, 2.05) is 11.3 Å². The molecule has 0 N–H and O–H groups in total. The van der Waals surface area contributed by atoms with Crippen molar-refractivity contribution in [2.24, 2.45) is 0 Å². The van der Waals surface area contributed by atoms with E-state index < -0.39 is 0 Å². The van der Waals surface area contributed by atoms with Gasteiger partial charge < -0.3 is 4.40 Å². The summed E-state index contributed by atoms with van der Waals surface area (Å²) in [5, 5.41) is 6.42. The molecule has 0 aliphatic carbocycles. The highest BCUT2D eigenvalue weighted by atomic mass is 32.1. The van der Waals surface area contributed by atoms with Crippen LogP contribution in [0.5, 0.6) is 0 Å². The average Bonchev–Trinajstić information content (AvgIpc) is 3.06. The Kier molecular flexibility index (Phi) is 1.41. The normalized spacial score (nSPS) is 12.4. The molecule has 0 fully saturated rings. The molecule has 18 heavy (non-hydrogen) atoms. The quantitative estimate of drug-likeness (QED) is 0.366. The fourth-order valence-electron chi connectivity index (χ4n) is 3.08. The van der Waals surface area contributed by atoms with E-state index in [1.54, 1.807) is 0 Å². The van der Waals surface area contributed by atoms with E-state index in [2.05, 4.69) is 58.3 Å². The van der Waals surface area contributed by atoms with E-state index >= 15 is 0 Å². The summed E-state index contributed by atoms with van der Waals surface area (Å²) in [7, 11) is 0. The van der Waals surface area contributed by atoms with Crippen LogP contribution in [0.4, 0.5) is 0 Å². The van der Waals surface area contributed by atoms with Crippen LogP contribution in [0, 0.1) is 0 Å². The second-order valence-electron chi connectivity index (χ2n) is 4.70. The van der Waals surface area contributed by atoms with Crippen molar-refractivity contribution in [3.05, 3.63) is 53.9 Å². The zero-order valence-electron chi connectivity index (χ0n) is 9.55. The van der Waals surface area contributed by atoms with Crippen molar-refractivity contribution >= 4 is 48.7 Å². The van der Waals surface area contributed by atoms with E-state index in [-0.39, 0.29) is 0 Å². The molecule has 1 nitrogen and oxygen atoms in total. The second-order valence-corrected chi connectivity index (χ2v) is 5.58. The Balaban J connectivity index is 2.32. The lowest BCUT2D eigenvalue weighted by atomic mass is 10.2. The number of rotatable bonds is 0. The van der Waals surface area contributed by atoms with Crippen LogP contribution < -0.4 is 0 Å². The topological polar surface area (TPSA) is 4.41 Å². The van der Waals surface area contributed by atoms with Crippen molar-refractivity contribution < 1.29 is 0 Å². The molecule has 5 aromatic rings. The first-order valence-electron chi connectivity index (χ1n) is 6.05. The SMILES string of the molecule is c1ccc2c(c1)c1csc3c4ccccc4n2c13. The lowest BCUT2D eigenvalue weighted by Crippen LogP contribution is -1.78. The lowest BCUT2D eigenvalue weighted by molar-refractivity contribution is 1.37. The van der Waals surface area contributed by atoms with Crippen molar-refractivity contribution in [3.8, 4) is 0 Å². The molecule has 2 aromatic carbocycles. The third-order valence-corrected chi connectivity index (χ3v) is 4.82. The molecule has 0 aliphatic rings. The minimum absolute atomic E-state index is 1.32. The molecule has 0 spiro atoms. The number of benzene rings is 2. The standard InChI is InChI=1S/C16H9NS/c1-3-7-13-10(5-1)12-9-18-16-11-6-2-4-8-14(11)17(13)15(12)16/h1-9H. The van der Waals surface area contributed by atoms with Gasteiger partial charge in [0.05, 0.1) is 21.3 Å². The lowest BCUT2D eigenvalue weighted by Gasteiger charge is -1.95. The zero-order chi connectivity index (χ0) is 11.7. The summed E-state index contributed by atoms with van der Waals surface area (Å²) in [4.78, 5) is 0. The molecule has 0 amide bonds. The van der Waals surface area contributed by atoms with Crippen molar-refractivity contribution in [1.29, 1.82) is 0 Å². The summed E-state index contributed by atoms with van der Waals surface area (Å²) < 4.78 is 3.82. The number of hydrogen-bond acceptors (Lipinski definition) is 1. The largest absolute Gasteiger partial charge is 0.307 e. The molecule has 0 unspecified atom stereocenters. The van der Waals surface area contributed by atoms with Gasteiger partial charge in [-0.15, -0.1) is 11.3 Å². The number of hydrogen-bond donors (Lipinski definition) is 0. The first-order valence-corrected chi connectivity index (χ1v) is 6.93. The number of fused-ring (bicyclic) bond motifs is 6. The van der Waals surface area contributed by atoms with E-state index in [4.69, 9.17) is 0 Å². The number of nitrogens with zero attached hydrogens (tertiary/aromatic N) is 1. The van der Waals surface area contributed by atoms with Gasteiger partial charge in [0.15, 0.2) is 0 Å². The van der Waals surface area contributed by atoms with Crippen LogP contribution in [0.1, 0.15) is 0 Å². The molecule has 0 saturated heterocycles. The molecule has 84 valence electrons. The molecule has 3 aromatic heterocycles. The maximum atomic E-state index is 2.41. The van der Waals surface area contributed by atoms with Gasteiger partial charge in [0.2, 0.25) is 0 Å². The summed E-state index contributed by atoms with van der Waals surface area (Å²) in [5.74, 6) is 0. The molecule has 2 heteroatoms. The van der Waals surface area contributed by atoms with E-state index in [1.165, 1.54) is 37.4 Å². The van der Waals surface area contributed by atoms with Crippen molar-refractivity contribution in [3.63, 3.8) is 0 Å². The summed E-state index contributed by atoms with van der Waals surface area (Å²) >= 11 is 1.86. The summed E-state index contributed by atoms with van der Waals surface area (Å²) in [6.07, 6.45) is 0. The number of para-hydroxylation sites is 2. The van der Waals surface area contributed by atoms with Gasteiger partial charge in [-0.1, -0.05) is 36.4 Å². The number of aromatic nitrogens is 1. The van der Waals surface area contributed by atoms with Crippen LogP contribution in [0.2, 0.25) is 0 Å². The highest BCUT2D eigenvalue weighted by molar-refractivity contribution is 7.19. The van der Waals surface area contributed by atoms with Gasteiger partial charge in [-0.05, 0) is 12.1 Å². The Morgan fingerprint density at radius 3 is 2.22 bits per heavy atom. The maximum Gasteiger partial charge on any atom is 0.0728 e. The Morgan fingerprint density at radius 2 is 1.39 bits per heavy atom. The van der Waals surface area contributed by atoms with Crippen LogP contribution in [-0.2, 0) is 0 Å². The Bertz CT molecular complexity index is 939. The highest BCUT2D eigenvalue weighted by Gasteiger charge is 2.17. The van der Waals surface area contributed by atoms with E-state index in [0.29, 0.717) is 0 Å². The molecule has 0 atom stereocenters. The number of thiophene rings is 1. The Morgan fingerprint density at radius 1 is 0.722 bits per heavy atom. The summed E-state index contributed by atoms with van der Waals surface area (Å²) in [5.41, 5.74) is 4.04. The van der Waals surface area contributed by atoms with Crippen LogP contribution in [-0.4, -0.2) is 4.40 Å². The molecule has 3 heterocycles. The summed E-state index contributed by atoms with van der Waals surface area (Å²) in [6, 6.07) is 17.4. The smallest absolute Gasteiger partial charge is 0.0728 e. The minimum atomic E-state index is 1.32. The predicted octanol–water partition coefficient (Wildman–Crippen LogP) is 4.90. The molecule has 5 rings (SSSR count). The van der Waals surface area contributed by atoms with Gasteiger partial charge >= 0.3 is 0 Å². The molecule has 0 bridgehead atoms. The first kappa shape index (κ1) is 8.95. The van der Waals surface area contributed by atoms with Crippen molar-refractivity contribution in [2.75, 3.05) is 0 Å². The third kappa shape index (κ3) is 0.833. The fraction of sp³-hybridized carbons (Fsp3) is 0.